The van der Waals surface area contributed by atoms with Gasteiger partial charge in [0.05, 0.1) is 0 Å². The van der Waals surface area contributed by atoms with E-state index in [9.17, 15) is 0 Å². The number of thiophene rings is 1. The van der Waals surface area contributed by atoms with Gasteiger partial charge in [-0.25, -0.2) is 0 Å². The molecule has 2 heterocycles. The minimum atomic E-state index is 0.534. The molecule has 0 aliphatic heterocycles. The number of pyridine rings is 1. The third-order valence-corrected chi connectivity index (χ3v) is 3.68. The van der Waals surface area contributed by atoms with Gasteiger partial charge < -0.3 is 5.32 Å². The number of nitrogens with zero attached hydrogens (tertiary/aromatic N) is 1. The van der Waals surface area contributed by atoms with Crippen LogP contribution in [0.3, 0.4) is 0 Å². The molecule has 0 fully saturated rings. The van der Waals surface area contributed by atoms with Crippen LogP contribution in [0.5, 0.6) is 0 Å². The monoisotopic (exact) mass is 246 g/mol. The fourth-order valence-corrected chi connectivity index (χ4v) is 2.59. The zero-order chi connectivity index (χ0) is 11.9. The zero-order valence-electron chi connectivity index (χ0n) is 10.1. The number of aryl methyl sites for hydroxylation is 1. The fourth-order valence-electron chi connectivity index (χ4n) is 1.91. The second-order valence-electron chi connectivity index (χ2n) is 4.18. The topological polar surface area (TPSA) is 24.9 Å². The van der Waals surface area contributed by atoms with E-state index in [2.05, 4.69) is 39.3 Å². The van der Waals surface area contributed by atoms with Crippen molar-refractivity contribution in [3.63, 3.8) is 0 Å². The highest BCUT2D eigenvalue weighted by Crippen LogP contribution is 2.11. The summed E-state index contributed by atoms with van der Waals surface area (Å²) in [6, 6.07) is 8.85. The van der Waals surface area contributed by atoms with Gasteiger partial charge in [0.25, 0.3) is 0 Å². The minimum absolute atomic E-state index is 0.534. The number of rotatable bonds is 6. The summed E-state index contributed by atoms with van der Waals surface area (Å²) in [4.78, 5) is 4.36. The van der Waals surface area contributed by atoms with E-state index >= 15 is 0 Å². The Bertz CT molecular complexity index is 411. The van der Waals surface area contributed by atoms with E-state index in [0.29, 0.717) is 6.04 Å². The molecule has 1 N–H and O–H groups in total. The van der Waals surface area contributed by atoms with Crippen molar-refractivity contribution in [2.75, 3.05) is 7.05 Å². The van der Waals surface area contributed by atoms with E-state index in [1.54, 1.807) is 11.3 Å². The summed E-state index contributed by atoms with van der Waals surface area (Å²) in [6.45, 7) is 0. The van der Waals surface area contributed by atoms with E-state index in [4.69, 9.17) is 0 Å². The zero-order valence-corrected chi connectivity index (χ0v) is 10.9. The van der Waals surface area contributed by atoms with Crippen LogP contribution in [0.15, 0.2) is 41.2 Å². The summed E-state index contributed by atoms with van der Waals surface area (Å²) in [6.07, 6.45) is 5.13. The number of hydrogen-bond acceptors (Lipinski definition) is 3. The maximum Gasteiger partial charge on any atom is 0.0404 e. The lowest BCUT2D eigenvalue weighted by Gasteiger charge is -2.15. The van der Waals surface area contributed by atoms with Crippen molar-refractivity contribution in [1.82, 2.24) is 10.3 Å². The molecule has 0 spiro atoms. The molecule has 90 valence electrons. The van der Waals surface area contributed by atoms with Crippen molar-refractivity contribution in [3.05, 3.63) is 52.5 Å². The van der Waals surface area contributed by atoms with Crippen LogP contribution in [0.1, 0.15) is 17.7 Å². The van der Waals surface area contributed by atoms with Gasteiger partial charge in [0.15, 0.2) is 0 Å². The van der Waals surface area contributed by atoms with Gasteiger partial charge in [0.1, 0.15) is 0 Å². The van der Waals surface area contributed by atoms with Crippen molar-refractivity contribution >= 4 is 11.3 Å². The molecule has 0 saturated heterocycles. The van der Waals surface area contributed by atoms with Crippen LogP contribution in [0.25, 0.3) is 0 Å². The molecule has 0 aromatic carbocycles. The van der Waals surface area contributed by atoms with Crippen LogP contribution < -0.4 is 5.32 Å². The molecule has 0 radical (unpaired) electrons. The first-order chi connectivity index (χ1) is 8.38. The molecule has 0 amide bonds. The van der Waals surface area contributed by atoms with Crippen molar-refractivity contribution in [3.8, 4) is 0 Å². The maximum atomic E-state index is 4.36. The second kappa shape index (κ2) is 6.52. The van der Waals surface area contributed by atoms with Crippen LogP contribution in [0.2, 0.25) is 0 Å². The molecule has 1 unspecified atom stereocenters. The van der Waals surface area contributed by atoms with Gasteiger partial charge in [-0.15, -0.1) is 0 Å². The number of nitrogens with one attached hydrogen (secondary N) is 1. The molecule has 2 rings (SSSR count). The van der Waals surface area contributed by atoms with E-state index in [-0.39, 0.29) is 0 Å². The lowest BCUT2D eigenvalue weighted by Crippen LogP contribution is -2.28. The first-order valence-corrected chi connectivity index (χ1v) is 6.91. The number of likely N-dealkylation sites (N-methyl/N-ethyl adjacent to an activating group) is 1. The van der Waals surface area contributed by atoms with Crippen molar-refractivity contribution < 1.29 is 0 Å². The van der Waals surface area contributed by atoms with Gasteiger partial charge in [0, 0.05) is 17.9 Å². The Morgan fingerprint density at radius 3 is 2.94 bits per heavy atom. The van der Waals surface area contributed by atoms with Crippen LogP contribution in [0.4, 0.5) is 0 Å². The predicted molar refractivity (Wildman–Crippen MR) is 73.4 cm³/mol. The van der Waals surface area contributed by atoms with Crippen molar-refractivity contribution in [2.24, 2.45) is 0 Å². The van der Waals surface area contributed by atoms with Gasteiger partial charge in [-0.1, -0.05) is 6.07 Å². The Hall–Kier alpha value is -1.19. The van der Waals surface area contributed by atoms with Gasteiger partial charge in [0.2, 0.25) is 0 Å². The van der Waals surface area contributed by atoms with Crippen LogP contribution in [0, 0.1) is 0 Å². The Morgan fingerprint density at radius 2 is 2.29 bits per heavy atom. The van der Waals surface area contributed by atoms with E-state index in [1.807, 2.05) is 19.3 Å². The third kappa shape index (κ3) is 3.95. The highest BCUT2D eigenvalue weighted by Gasteiger charge is 2.08. The Labute approximate surface area is 107 Å². The normalized spacial score (nSPS) is 12.5. The smallest absolute Gasteiger partial charge is 0.0404 e. The SMILES string of the molecule is CNC(CCc1ccccn1)Cc1ccsc1. The average Bonchev–Trinajstić information content (AvgIpc) is 2.88. The summed E-state index contributed by atoms with van der Waals surface area (Å²) in [7, 11) is 2.04. The molecule has 0 bridgehead atoms. The fraction of sp³-hybridized carbons (Fsp3) is 0.357. The third-order valence-electron chi connectivity index (χ3n) is 2.95. The molecule has 0 aliphatic rings. The van der Waals surface area contributed by atoms with Gasteiger partial charge in [-0.05, 0) is 60.8 Å². The Balaban J connectivity index is 1.84. The molecule has 0 aliphatic carbocycles. The van der Waals surface area contributed by atoms with Gasteiger partial charge >= 0.3 is 0 Å². The molecule has 1 atom stereocenters. The molecule has 2 aromatic heterocycles. The molecule has 0 saturated carbocycles. The average molecular weight is 246 g/mol. The quantitative estimate of drug-likeness (QED) is 0.847. The van der Waals surface area contributed by atoms with E-state index < -0.39 is 0 Å². The van der Waals surface area contributed by atoms with Crippen molar-refractivity contribution in [2.45, 2.75) is 25.3 Å². The summed E-state index contributed by atoms with van der Waals surface area (Å²) in [5, 5.41) is 7.75. The maximum absolute atomic E-state index is 4.36. The standard InChI is InChI=1S/C14H18N2S/c1-15-14(10-12-7-9-17-11-12)6-5-13-4-2-3-8-16-13/h2-4,7-9,11,14-15H,5-6,10H2,1H3. The number of aromatic nitrogens is 1. The first kappa shape index (κ1) is 12.3. The summed E-state index contributed by atoms with van der Waals surface area (Å²) in [5.74, 6) is 0. The first-order valence-electron chi connectivity index (χ1n) is 5.96. The summed E-state index contributed by atoms with van der Waals surface area (Å²) in [5.41, 5.74) is 2.61. The minimum Gasteiger partial charge on any atom is -0.317 e. The lowest BCUT2D eigenvalue weighted by molar-refractivity contribution is 0.518. The largest absolute Gasteiger partial charge is 0.317 e. The summed E-state index contributed by atoms with van der Waals surface area (Å²) < 4.78 is 0. The Morgan fingerprint density at radius 1 is 1.35 bits per heavy atom. The highest BCUT2D eigenvalue weighted by molar-refractivity contribution is 7.07. The van der Waals surface area contributed by atoms with Crippen LogP contribution in [-0.2, 0) is 12.8 Å². The molecular weight excluding hydrogens is 228 g/mol. The molecule has 2 nitrogen and oxygen atoms in total. The molecule has 2 aromatic rings. The lowest BCUT2D eigenvalue weighted by atomic mass is 10.0. The number of hydrogen-bond donors (Lipinski definition) is 1. The molecular formula is C14H18N2S. The van der Waals surface area contributed by atoms with Crippen molar-refractivity contribution in [1.29, 1.82) is 0 Å². The molecule has 17 heavy (non-hydrogen) atoms. The van der Waals surface area contributed by atoms with Crippen LogP contribution >= 0.6 is 11.3 Å². The van der Waals surface area contributed by atoms with Gasteiger partial charge in [-0.2, -0.15) is 11.3 Å². The summed E-state index contributed by atoms with van der Waals surface area (Å²) >= 11 is 1.77. The van der Waals surface area contributed by atoms with Crippen LogP contribution in [-0.4, -0.2) is 18.1 Å². The predicted octanol–water partition coefficient (Wildman–Crippen LogP) is 2.91. The van der Waals surface area contributed by atoms with E-state index in [0.717, 1.165) is 19.3 Å². The van der Waals surface area contributed by atoms with Gasteiger partial charge in [-0.3, -0.25) is 4.98 Å². The highest BCUT2D eigenvalue weighted by atomic mass is 32.1. The Kier molecular flexibility index (Phi) is 4.71. The van der Waals surface area contributed by atoms with E-state index in [1.165, 1.54) is 11.3 Å². The molecule has 3 heteroatoms. The second-order valence-corrected chi connectivity index (χ2v) is 4.96.